The van der Waals surface area contributed by atoms with Gasteiger partial charge in [-0.25, -0.2) is 4.39 Å². The van der Waals surface area contributed by atoms with E-state index >= 15 is 0 Å². The molecule has 2 amide bonds. The second-order valence-corrected chi connectivity index (χ2v) is 13.5. The van der Waals surface area contributed by atoms with Gasteiger partial charge in [0.2, 0.25) is 11.8 Å². The topological polar surface area (TPSA) is 132 Å². The number of aliphatic hydroxyl groups is 2. The predicted molar refractivity (Wildman–Crippen MR) is 205 cm³/mol. The van der Waals surface area contributed by atoms with Gasteiger partial charge in [-0.3, -0.25) is 19.5 Å². The summed E-state index contributed by atoms with van der Waals surface area (Å²) in [6, 6.07) is 35.4. The second kappa shape index (κ2) is 16.3. The molecule has 274 valence electrons. The number of carbonyl (C=O) groups is 2. The Morgan fingerprint density at radius 2 is 1.61 bits per heavy atom. The molecule has 7 rings (SSSR count). The van der Waals surface area contributed by atoms with Crippen LogP contribution in [0, 0.1) is 23.6 Å². The number of hydrogen-bond acceptors (Lipinski definition) is 8. The smallest absolute Gasteiger partial charge is 0.238 e. The molecule has 5 aromatic rings. The highest BCUT2D eigenvalue weighted by atomic mass is 19.1. The molecule has 0 radical (unpaired) electrons. The first-order valence-electron chi connectivity index (χ1n) is 17.9. The normalized spacial score (nSPS) is 19.1. The maximum atomic E-state index is 14.3. The standard InChI is InChI=1S/C44H40FN3O6/c45-37-24-28(14-20-39(37)50)23-29(38-13-7-8-22-46-38)15-21-40(51)41-30(27-54-34-11-5-2-6-12-34)25-35-42(36(41)26-49)44(53)48(43(35)52)33-18-16-32(17-19-33)47-31-9-3-1-4-10-31/h1-14,16-20,22-24,35-36,40,42,47,49-51H,15,21,25-27H2/b29-23-/t35-,36+,40-,42-/m1/s1. The van der Waals surface area contributed by atoms with Crippen molar-refractivity contribution < 1.29 is 34.0 Å². The molecule has 4 aromatic carbocycles. The van der Waals surface area contributed by atoms with E-state index in [1.54, 1.807) is 48.7 Å². The summed E-state index contributed by atoms with van der Waals surface area (Å²) in [4.78, 5) is 34.0. The van der Waals surface area contributed by atoms with Crippen LogP contribution < -0.4 is 15.0 Å². The van der Waals surface area contributed by atoms with Crippen LogP contribution in [0.2, 0.25) is 0 Å². The van der Waals surface area contributed by atoms with Crippen LogP contribution in [0.25, 0.3) is 11.6 Å². The van der Waals surface area contributed by atoms with Crippen molar-refractivity contribution in [3.05, 3.63) is 156 Å². The highest BCUT2D eigenvalue weighted by Crippen LogP contribution is 2.47. The number of anilines is 3. The van der Waals surface area contributed by atoms with E-state index in [1.165, 1.54) is 17.0 Å². The Morgan fingerprint density at radius 3 is 2.30 bits per heavy atom. The SMILES string of the molecule is O=C1[C@@H]2[C@@H](CC(COc3ccccc3)=C([C@H](O)CC/C(=C/c3ccc(O)c(F)c3)c3ccccn3)[C@@H]2CO)C(=O)N1c1ccc(Nc2ccccc2)cc1. The Labute approximate surface area is 312 Å². The Balaban J connectivity index is 1.18. The van der Waals surface area contributed by atoms with Crippen LogP contribution in [0.1, 0.15) is 30.5 Å². The minimum absolute atomic E-state index is 0.0488. The lowest BCUT2D eigenvalue weighted by atomic mass is 9.68. The van der Waals surface area contributed by atoms with Crippen molar-refractivity contribution in [2.45, 2.75) is 25.4 Å². The van der Waals surface area contributed by atoms with Crippen LogP contribution in [-0.2, 0) is 9.59 Å². The fraction of sp³-hybridized carbons (Fsp3) is 0.205. The minimum atomic E-state index is -1.12. The first kappa shape index (κ1) is 36.3. The summed E-state index contributed by atoms with van der Waals surface area (Å²) in [5.74, 6) is -3.89. The van der Waals surface area contributed by atoms with Gasteiger partial charge in [-0.2, -0.15) is 0 Å². The van der Waals surface area contributed by atoms with Crippen molar-refractivity contribution in [2.75, 3.05) is 23.4 Å². The second-order valence-electron chi connectivity index (χ2n) is 13.5. The maximum Gasteiger partial charge on any atom is 0.238 e. The number of nitrogens with one attached hydrogen (secondary N) is 1. The molecule has 54 heavy (non-hydrogen) atoms. The monoisotopic (exact) mass is 725 g/mol. The number of aromatic nitrogens is 1. The highest BCUT2D eigenvalue weighted by molar-refractivity contribution is 6.22. The van der Waals surface area contributed by atoms with Crippen LogP contribution in [0.4, 0.5) is 21.5 Å². The number of halogens is 1. The quantitative estimate of drug-likeness (QED) is 0.0723. The number of rotatable bonds is 13. The van der Waals surface area contributed by atoms with Gasteiger partial charge in [-0.1, -0.05) is 48.5 Å². The third kappa shape index (κ3) is 7.80. The molecule has 0 bridgehead atoms. The Morgan fingerprint density at radius 1 is 0.907 bits per heavy atom. The number of phenols is 1. The van der Waals surface area contributed by atoms with Gasteiger partial charge < -0.3 is 25.4 Å². The van der Waals surface area contributed by atoms with Crippen molar-refractivity contribution in [3.8, 4) is 11.5 Å². The summed E-state index contributed by atoms with van der Waals surface area (Å²) < 4.78 is 20.4. The number of para-hydroxylation sites is 2. The van der Waals surface area contributed by atoms with Gasteiger partial charge in [0.1, 0.15) is 12.4 Å². The molecule has 1 aromatic heterocycles. The molecule has 2 heterocycles. The fourth-order valence-corrected chi connectivity index (χ4v) is 7.50. The number of aliphatic hydroxyl groups excluding tert-OH is 2. The van der Waals surface area contributed by atoms with Crippen LogP contribution in [0.15, 0.2) is 139 Å². The summed E-state index contributed by atoms with van der Waals surface area (Å²) in [5, 5.41) is 36.0. The maximum absolute atomic E-state index is 14.3. The number of phenolic OH excluding ortho intramolecular Hbond substituents is 1. The molecule has 1 aliphatic carbocycles. The van der Waals surface area contributed by atoms with E-state index < -0.39 is 47.9 Å². The zero-order valence-electron chi connectivity index (χ0n) is 29.4. The Bertz CT molecular complexity index is 2160. The average molecular weight is 726 g/mol. The molecular weight excluding hydrogens is 685 g/mol. The van der Waals surface area contributed by atoms with Gasteiger partial charge >= 0.3 is 0 Å². The first-order valence-corrected chi connectivity index (χ1v) is 17.9. The number of fused-ring (bicyclic) bond motifs is 1. The first-order chi connectivity index (χ1) is 26.3. The average Bonchev–Trinajstić information content (AvgIpc) is 3.45. The molecule has 0 saturated carbocycles. The van der Waals surface area contributed by atoms with Gasteiger partial charge in [0.15, 0.2) is 11.6 Å². The van der Waals surface area contributed by atoms with Gasteiger partial charge in [0.05, 0.1) is 35.9 Å². The van der Waals surface area contributed by atoms with Gasteiger partial charge in [0.25, 0.3) is 0 Å². The number of amides is 2. The lowest BCUT2D eigenvalue weighted by Crippen LogP contribution is -2.40. The van der Waals surface area contributed by atoms with E-state index in [0.29, 0.717) is 45.8 Å². The van der Waals surface area contributed by atoms with Crippen LogP contribution in [0.3, 0.4) is 0 Å². The lowest BCUT2D eigenvalue weighted by molar-refractivity contribution is -0.123. The van der Waals surface area contributed by atoms with Crippen molar-refractivity contribution in [3.63, 3.8) is 0 Å². The van der Waals surface area contributed by atoms with Gasteiger partial charge in [0, 0.05) is 23.5 Å². The number of benzene rings is 4. The lowest BCUT2D eigenvalue weighted by Gasteiger charge is -2.36. The summed E-state index contributed by atoms with van der Waals surface area (Å²) in [6.07, 6.45) is 2.91. The predicted octanol–water partition coefficient (Wildman–Crippen LogP) is 7.55. The molecule has 1 aliphatic heterocycles. The van der Waals surface area contributed by atoms with Crippen LogP contribution >= 0.6 is 0 Å². The number of aromatic hydroxyl groups is 1. The third-order valence-corrected chi connectivity index (χ3v) is 10.1. The number of allylic oxidation sites excluding steroid dienone is 1. The molecule has 4 N–H and O–H groups in total. The number of carbonyl (C=O) groups excluding carboxylic acids is 2. The summed E-state index contributed by atoms with van der Waals surface area (Å²) in [6.45, 7) is -0.419. The molecule has 1 saturated heterocycles. The number of ether oxygens (including phenoxy) is 1. The molecule has 0 unspecified atom stereocenters. The molecule has 0 spiro atoms. The summed E-state index contributed by atoms with van der Waals surface area (Å²) in [7, 11) is 0. The molecule has 1 fully saturated rings. The molecular formula is C44H40FN3O6. The van der Waals surface area contributed by atoms with Crippen molar-refractivity contribution in [1.82, 2.24) is 4.98 Å². The van der Waals surface area contributed by atoms with E-state index in [1.807, 2.05) is 72.8 Å². The van der Waals surface area contributed by atoms with E-state index in [-0.39, 0.29) is 25.4 Å². The largest absolute Gasteiger partial charge is 0.505 e. The minimum Gasteiger partial charge on any atom is -0.505 e. The zero-order chi connectivity index (χ0) is 37.6. The summed E-state index contributed by atoms with van der Waals surface area (Å²) in [5.41, 5.74) is 5.09. The summed E-state index contributed by atoms with van der Waals surface area (Å²) >= 11 is 0. The van der Waals surface area contributed by atoms with Crippen LogP contribution in [0.5, 0.6) is 11.5 Å². The Kier molecular flexibility index (Phi) is 10.9. The molecule has 9 nitrogen and oxygen atoms in total. The van der Waals surface area contributed by atoms with E-state index in [4.69, 9.17) is 4.74 Å². The zero-order valence-corrected chi connectivity index (χ0v) is 29.4. The number of nitrogens with zero attached hydrogens (tertiary/aromatic N) is 2. The van der Waals surface area contributed by atoms with E-state index in [9.17, 15) is 29.3 Å². The number of hydrogen-bond donors (Lipinski definition) is 4. The molecule has 10 heteroatoms. The van der Waals surface area contributed by atoms with Gasteiger partial charge in [-0.15, -0.1) is 0 Å². The fourth-order valence-electron chi connectivity index (χ4n) is 7.50. The number of pyridine rings is 1. The van der Waals surface area contributed by atoms with Crippen LogP contribution in [-0.4, -0.2) is 51.4 Å². The van der Waals surface area contributed by atoms with Crippen molar-refractivity contribution >= 4 is 40.5 Å². The molecule has 4 atom stereocenters. The Hall–Kier alpha value is -6.10. The highest BCUT2D eigenvalue weighted by Gasteiger charge is 2.55. The third-order valence-electron chi connectivity index (χ3n) is 10.1. The van der Waals surface area contributed by atoms with Gasteiger partial charge in [-0.05, 0) is 120 Å². The van der Waals surface area contributed by atoms with E-state index in [0.717, 1.165) is 11.4 Å². The van der Waals surface area contributed by atoms with E-state index in [2.05, 4.69) is 10.3 Å². The van der Waals surface area contributed by atoms with Crippen molar-refractivity contribution in [2.24, 2.45) is 17.8 Å². The van der Waals surface area contributed by atoms with Crippen molar-refractivity contribution in [1.29, 1.82) is 0 Å². The number of imide groups is 1. The molecule has 2 aliphatic rings.